The second-order valence-corrected chi connectivity index (χ2v) is 7.83. The van der Waals surface area contributed by atoms with Gasteiger partial charge in [0.25, 0.3) is 5.91 Å². The number of rotatable bonds is 2. The fourth-order valence-corrected chi connectivity index (χ4v) is 4.97. The molecule has 120 valence electrons. The Hall–Kier alpha value is -1.37. The number of anilines is 1. The zero-order chi connectivity index (χ0) is 15.8. The fourth-order valence-electron chi connectivity index (χ4n) is 3.04. The number of carbonyl (C=O) groups is 1. The van der Waals surface area contributed by atoms with Gasteiger partial charge in [0.05, 0.1) is 5.69 Å². The number of thiazole rings is 1. The Labute approximate surface area is 143 Å². The third-order valence-electron chi connectivity index (χ3n) is 4.21. The van der Waals surface area contributed by atoms with Gasteiger partial charge in [0, 0.05) is 28.7 Å². The Bertz CT molecular complexity index is 725. The lowest BCUT2D eigenvalue weighted by Gasteiger charge is -2.34. The number of para-hydroxylation sites is 1. The topological polar surface area (TPSA) is 42.4 Å². The van der Waals surface area contributed by atoms with E-state index < -0.39 is 0 Å². The minimum absolute atomic E-state index is 0.00857. The highest BCUT2D eigenvalue weighted by Crippen LogP contribution is 2.38. The quantitative estimate of drug-likeness (QED) is 0.820. The SMILES string of the molecule is C[C@@H]1CSc2ccccc2N1C(=O)c1csc([C@@H]2CCCO2)n1. The molecule has 1 amide bonds. The van der Waals surface area contributed by atoms with Crippen LogP contribution in [0.1, 0.15) is 41.4 Å². The van der Waals surface area contributed by atoms with Crippen molar-refractivity contribution in [1.82, 2.24) is 4.98 Å². The maximum atomic E-state index is 13.0. The van der Waals surface area contributed by atoms with Gasteiger partial charge in [-0.15, -0.1) is 23.1 Å². The normalized spacial score (nSPS) is 23.8. The van der Waals surface area contributed by atoms with E-state index in [0.717, 1.165) is 40.8 Å². The summed E-state index contributed by atoms with van der Waals surface area (Å²) >= 11 is 3.34. The molecule has 0 N–H and O–H groups in total. The van der Waals surface area contributed by atoms with Gasteiger partial charge in [-0.1, -0.05) is 12.1 Å². The highest BCUT2D eigenvalue weighted by atomic mass is 32.2. The summed E-state index contributed by atoms with van der Waals surface area (Å²) in [6.07, 6.45) is 2.14. The highest BCUT2D eigenvalue weighted by molar-refractivity contribution is 7.99. The molecular formula is C17H18N2O2S2. The molecule has 3 heterocycles. The number of aromatic nitrogens is 1. The van der Waals surface area contributed by atoms with Crippen LogP contribution in [0.25, 0.3) is 0 Å². The van der Waals surface area contributed by atoms with Gasteiger partial charge < -0.3 is 9.64 Å². The predicted octanol–water partition coefficient (Wildman–Crippen LogP) is 4.14. The Kier molecular flexibility index (Phi) is 4.13. The fraction of sp³-hybridized carbons (Fsp3) is 0.412. The first-order chi connectivity index (χ1) is 11.2. The Balaban J connectivity index is 1.63. The van der Waals surface area contributed by atoms with Crippen molar-refractivity contribution in [3.63, 3.8) is 0 Å². The molecule has 0 unspecified atom stereocenters. The standard InChI is InChI=1S/C17H18N2O2S2/c1-11-9-22-15-7-3-2-5-13(15)19(11)17(20)12-10-23-16(18-12)14-6-4-8-21-14/h2-3,5,7,10-11,14H,4,6,8-9H2,1H3/t11-,14+/m1/s1. The maximum absolute atomic E-state index is 13.0. The highest BCUT2D eigenvalue weighted by Gasteiger charge is 2.31. The molecule has 6 heteroatoms. The van der Waals surface area contributed by atoms with Crippen molar-refractivity contribution in [2.75, 3.05) is 17.3 Å². The molecule has 2 atom stereocenters. The van der Waals surface area contributed by atoms with Crippen molar-refractivity contribution in [1.29, 1.82) is 0 Å². The van der Waals surface area contributed by atoms with Crippen molar-refractivity contribution >= 4 is 34.7 Å². The maximum Gasteiger partial charge on any atom is 0.278 e. The van der Waals surface area contributed by atoms with Gasteiger partial charge >= 0.3 is 0 Å². The van der Waals surface area contributed by atoms with Crippen molar-refractivity contribution in [3.8, 4) is 0 Å². The largest absolute Gasteiger partial charge is 0.371 e. The number of hydrogen-bond donors (Lipinski definition) is 0. The van der Waals surface area contributed by atoms with Gasteiger partial charge in [0.2, 0.25) is 0 Å². The molecule has 0 saturated carbocycles. The molecule has 0 radical (unpaired) electrons. The summed E-state index contributed by atoms with van der Waals surface area (Å²) in [6.45, 7) is 2.88. The average molecular weight is 346 g/mol. The molecule has 2 aliphatic heterocycles. The summed E-state index contributed by atoms with van der Waals surface area (Å²) in [6, 6.07) is 8.25. The minimum atomic E-state index is -0.00857. The zero-order valence-electron chi connectivity index (χ0n) is 12.9. The molecule has 2 aliphatic rings. The van der Waals surface area contributed by atoms with Gasteiger partial charge in [-0.25, -0.2) is 4.98 Å². The van der Waals surface area contributed by atoms with E-state index in [9.17, 15) is 4.79 Å². The van der Waals surface area contributed by atoms with Gasteiger partial charge in [0.15, 0.2) is 0 Å². The van der Waals surface area contributed by atoms with Crippen LogP contribution in [-0.2, 0) is 4.74 Å². The predicted molar refractivity (Wildman–Crippen MR) is 93.5 cm³/mol. The molecule has 1 aromatic carbocycles. The first-order valence-corrected chi connectivity index (χ1v) is 9.73. The lowest BCUT2D eigenvalue weighted by molar-refractivity contribution is 0.0971. The van der Waals surface area contributed by atoms with Crippen LogP contribution in [0.15, 0.2) is 34.5 Å². The first-order valence-electron chi connectivity index (χ1n) is 7.86. The number of ether oxygens (including phenoxy) is 1. The van der Waals surface area contributed by atoms with E-state index in [1.54, 1.807) is 0 Å². The number of hydrogen-bond acceptors (Lipinski definition) is 5. The number of benzene rings is 1. The third-order valence-corrected chi connectivity index (χ3v) is 6.45. The van der Waals surface area contributed by atoms with Crippen molar-refractivity contribution in [3.05, 3.63) is 40.3 Å². The number of thioether (sulfide) groups is 1. The molecule has 0 spiro atoms. The molecule has 0 bridgehead atoms. The van der Waals surface area contributed by atoms with Gasteiger partial charge in [-0.3, -0.25) is 4.79 Å². The summed E-state index contributed by atoms with van der Waals surface area (Å²) < 4.78 is 5.67. The second kappa shape index (κ2) is 6.26. The average Bonchev–Trinajstić information content (AvgIpc) is 3.25. The van der Waals surface area contributed by atoms with Gasteiger partial charge in [0.1, 0.15) is 16.8 Å². The number of nitrogens with zero attached hydrogens (tertiary/aromatic N) is 2. The van der Waals surface area contributed by atoms with Crippen LogP contribution < -0.4 is 4.90 Å². The van der Waals surface area contributed by atoms with Gasteiger partial charge in [-0.2, -0.15) is 0 Å². The lowest BCUT2D eigenvalue weighted by Crippen LogP contribution is -2.42. The molecule has 2 aromatic rings. The van der Waals surface area contributed by atoms with E-state index in [1.165, 1.54) is 11.3 Å². The summed E-state index contributed by atoms with van der Waals surface area (Å²) in [5.74, 6) is 0.900. The van der Waals surface area contributed by atoms with Crippen LogP contribution >= 0.6 is 23.1 Å². The molecule has 4 rings (SSSR count). The lowest BCUT2D eigenvalue weighted by atomic mass is 10.2. The molecular weight excluding hydrogens is 328 g/mol. The second-order valence-electron chi connectivity index (χ2n) is 5.88. The molecule has 23 heavy (non-hydrogen) atoms. The molecule has 0 aliphatic carbocycles. The molecule has 1 fully saturated rings. The van der Waals surface area contributed by atoms with Crippen molar-refractivity contribution < 1.29 is 9.53 Å². The Morgan fingerprint density at radius 2 is 2.26 bits per heavy atom. The van der Waals surface area contributed by atoms with Gasteiger partial charge in [-0.05, 0) is 31.9 Å². The van der Waals surface area contributed by atoms with Crippen LogP contribution in [-0.4, -0.2) is 29.3 Å². The van der Waals surface area contributed by atoms with E-state index in [0.29, 0.717) is 5.69 Å². The van der Waals surface area contributed by atoms with E-state index in [-0.39, 0.29) is 18.1 Å². The van der Waals surface area contributed by atoms with E-state index >= 15 is 0 Å². The van der Waals surface area contributed by atoms with E-state index in [2.05, 4.69) is 18.0 Å². The zero-order valence-corrected chi connectivity index (χ0v) is 14.5. The minimum Gasteiger partial charge on any atom is -0.371 e. The third kappa shape index (κ3) is 2.79. The summed E-state index contributed by atoms with van der Waals surface area (Å²) in [4.78, 5) is 20.6. The number of carbonyl (C=O) groups excluding carboxylic acids is 1. The smallest absolute Gasteiger partial charge is 0.278 e. The van der Waals surface area contributed by atoms with E-state index in [4.69, 9.17) is 4.74 Å². The first kappa shape index (κ1) is 15.2. The van der Waals surface area contributed by atoms with Crippen molar-refractivity contribution in [2.24, 2.45) is 0 Å². The van der Waals surface area contributed by atoms with E-state index in [1.807, 2.05) is 40.2 Å². The van der Waals surface area contributed by atoms with Crippen LogP contribution in [0, 0.1) is 0 Å². The number of fused-ring (bicyclic) bond motifs is 1. The molecule has 1 saturated heterocycles. The monoisotopic (exact) mass is 346 g/mol. The summed E-state index contributed by atoms with van der Waals surface area (Å²) in [7, 11) is 0. The molecule has 4 nitrogen and oxygen atoms in total. The number of amides is 1. The van der Waals surface area contributed by atoms with Crippen LogP contribution in [0.5, 0.6) is 0 Å². The Morgan fingerprint density at radius 1 is 1.39 bits per heavy atom. The van der Waals surface area contributed by atoms with Crippen molar-refractivity contribution in [2.45, 2.75) is 36.8 Å². The van der Waals surface area contributed by atoms with Crippen LogP contribution in [0.4, 0.5) is 5.69 Å². The van der Waals surface area contributed by atoms with Crippen LogP contribution in [0.2, 0.25) is 0 Å². The van der Waals surface area contributed by atoms with Crippen LogP contribution in [0.3, 0.4) is 0 Å². The molecule has 1 aromatic heterocycles. The summed E-state index contributed by atoms with van der Waals surface area (Å²) in [5.41, 5.74) is 1.53. The summed E-state index contributed by atoms with van der Waals surface area (Å²) in [5, 5.41) is 2.80. The Morgan fingerprint density at radius 3 is 3.09 bits per heavy atom.